The molecular weight excluding hydrogens is 1100 g/mol. The molecule has 6 aromatic carbocycles. The maximum atomic E-state index is 14.8. The summed E-state index contributed by atoms with van der Waals surface area (Å²) in [5, 5.41) is 35.7. The second-order valence-electron chi connectivity index (χ2n) is 16.0. The van der Waals surface area contributed by atoms with Gasteiger partial charge in [-0.1, -0.05) is 113 Å². The average Bonchev–Trinajstić information content (AvgIpc) is 3.41. The Labute approximate surface area is 453 Å². The number of nitrogens with one attached hydrogen (secondary N) is 3. The summed E-state index contributed by atoms with van der Waals surface area (Å²) in [6, 6.07) is 32.8. The van der Waals surface area contributed by atoms with E-state index < -0.39 is 69.9 Å². The molecule has 9 aromatic rings. The molecule has 0 aliphatic carbocycles. The molecule has 0 spiro atoms. The minimum absolute atomic E-state index is 0.0861. The molecule has 77 heavy (non-hydrogen) atoms. The van der Waals surface area contributed by atoms with Crippen LogP contribution in [0, 0.1) is 41.8 Å². The third-order valence-electron chi connectivity index (χ3n) is 10.9. The van der Waals surface area contributed by atoms with Gasteiger partial charge in [0, 0.05) is 39.8 Å². The standard InChI is InChI=1S/C19H13ClF2N2O2.C18H10Cl2F2N2O2.C18H11ClF2N2O2/c1-10-13(11-5-2-3-7-14(11)20)9-15(21)17(16(10)22)24-18-12(19(25)26)6-4-8-23-18;19-10-7-12(18(25)26)17(23-8-10)24-16-14(21)5-9(6-15(16)22)11-3-1-2-4-13(11)20;19-12-8-13(18(24)25)17(22-9-12)23-16-14(20)6-11(7-15(16)21)10-4-2-1-3-5-10/h2-9H,1H3,(H,23,24)(H,25,26);1-8H,(H,23,24)(H,25,26);1-9H,(H,22,23)(H,24,25). The number of halogens is 10. The number of hydrogen-bond acceptors (Lipinski definition) is 9. The summed E-state index contributed by atoms with van der Waals surface area (Å²) >= 11 is 23.6. The van der Waals surface area contributed by atoms with Crippen LogP contribution in [0.5, 0.6) is 0 Å². The van der Waals surface area contributed by atoms with Gasteiger partial charge in [-0.25, -0.2) is 55.7 Å². The molecule has 0 aliphatic heterocycles. The first-order valence-electron chi connectivity index (χ1n) is 22.0. The van der Waals surface area contributed by atoms with E-state index in [-0.39, 0.29) is 55.3 Å². The number of hydrogen-bond donors (Lipinski definition) is 6. The largest absolute Gasteiger partial charge is 0.478 e. The Hall–Kier alpha value is -8.68. The van der Waals surface area contributed by atoms with Gasteiger partial charge >= 0.3 is 17.9 Å². The molecule has 12 nitrogen and oxygen atoms in total. The van der Waals surface area contributed by atoms with Crippen molar-refractivity contribution in [1.82, 2.24) is 15.0 Å². The highest BCUT2D eigenvalue weighted by molar-refractivity contribution is 6.34. The first-order valence-corrected chi connectivity index (χ1v) is 23.5. The third-order valence-corrected chi connectivity index (χ3v) is 12.0. The van der Waals surface area contributed by atoms with Gasteiger partial charge in [-0.3, -0.25) is 0 Å². The zero-order valence-electron chi connectivity index (χ0n) is 39.1. The van der Waals surface area contributed by atoms with Crippen molar-refractivity contribution >= 4 is 98.8 Å². The lowest BCUT2D eigenvalue weighted by Gasteiger charge is -2.15. The molecule has 3 heterocycles. The fraction of sp³-hybridized carbons (Fsp3) is 0.0182. The number of aromatic nitrogens is 3. The number of carbonyl (C=O) groups is 3. The van der Waals surface area contributed by atoms with Crippen LogP contribution in [0.4, 0.5) is 60.9 Å². The van der Waals surface area contributed by atoms with E-state index in [1.165, 1.54) is 37.6 Å². The van der Waals surface area contributed by atoms with Crippen LogP contribution in [0.3, 0.4) is 0 Å². The lowest BCUT2D eigenvalue weighted by molar-refractivity contribution is 0.0686. The third kappa shape index (κ3) is 13.4. The highest BCUT2D eigenvalue weighted by Gasteiger charge is 2.23. The van der Waals surface area contributed by atoms with Crippen molar-refractivity contribution in [3.8, 4) is 33.4 Å². The minimum atomic E-state index is -1.34. The number of rotatable bonds is 12. The number of carboxylic acid groups (broad SMARTS) is 3. The smallest absolute Gasteiger partial charge is 0.339 e. The Morgan fingerprint density at radius 1 is 0.429 bits per heavy atom. The summed E-state index contributed by atoms with van der Waals surface area (Å²) in [7, 11) is 0. The Morgan fingerprint density at radius 3 is 1.32 bits per heavy atom. The van der Waals surface area contributed by atoms with Gasteiger partial charge in [0.15, 0.2) is 5.82 Å². The Morgan fingerprint density at radius 2 is 0.844 bits per heavy atom. The van der Waals surface area contributed by atoms with Gasteiger partial charge in [0.1, 0.15) is 80.3 Å². The minimum Gasteiger partial charge on any atom is -0.478 e. The monoisotopic (exact) mass is 1130 g/mol. The quantitative estimate of drug-likeness (QED) is 0.0637. The highest BCUT2D eigenvalue weighted by atomic mass is 35.5. The molecule has 0 bridgehead atoms. The summed E-state index contributed by atoms with van der Waals surface area (Å²) in [5.41, 5.74) is 0.434. The summed E-state index contributed by atoms with van der Waals surface area (Å²) < 4.78 is 87.2. The predicted octanol–water partition coefficient (Wildman–Crippen LogP) is 16.3. The summed E-state index contributed by atoms with van der Waals surface area (Å²) in [6.07, 6.45) is 3.68. The van der Waals surface area contributed by atoms with Gasteiger partial charge in [0.05, 0.1) is 10.0 Å². The summed E-state index contributed by atoms with van der Waals surface area (Å²) in [5.74, 6) is -9.82. The average molecular weight is 1130 g/mol. The van der Waals surface area contributed by atoms with Crippen LogP contribution in [-0.2, 0) is 0 Å². The maximum absolute atomic E-state index is 14.8. The van der Waals surface area contributed by atoms with Crippen LogP contribution in [0.15, 0.2) is 152 Å². The van der Waals surface area contributed by atoms with Gasteiger partial charge in [-0.15, -0.1) is 0 Å². The van der Waals surface area contributed by atoms with Crippen LogP contribution in [0.25, 0.3) is 33.4 Å². The molecule has 22 heteroatoms. The van der Waals surface area contributed by atoms with Crippen LogP contribution < -0.4 is 16.0 Å². The molecule has 0 atom stereocenters. The lowest BCUT2D eigenvalue weighted by atomic mass is 9.99. The first kappa shape index (κ1) is 56.1. The van der Waals surface area contributed by atoms with Crippen molar-refractivity contribution in [3.05, 3.63) is 229 Å². The Kier molecular flexibility index (Phi) is 18.0. The lowest BCUT2D eigenvalue weighted by Crippen LogP contribution is -2.08. The van der Waals surface area contributed by atoms with Crippen molar-refractivity contribution in [2.24, 2.45) is 0 Å². The van der Waals surface area contributed by atoms with E-state index in [9.17, 15) is 56.0 Å². The topological polar surface area (TPSA) is 187 Å². The Balaban J connectivity index is 0.000000168. The molecule has 6 N–H and O–H groups in total. The molecule has 0 unspecified atom stereocenters. The van der Waals surface area contributed by atoms with E-state index in [2.05, 4.69) is 30.9 Å². The number of anilines is 6. The predicted molar refractivity (Wildman–Crippen MR) is 284 cm³/mol. The fourth-order valence-corrected chi connectivity index (χ4v) is 8.06. The van der Waals surface area contributed by atoms with Crippen molar-refractivity contribution in [2.75, 3.05) is 16.0 Å². The number of aromatic carboxylic acids is 3. The number of pyridine rings is 3. The van der Waals surface area contributed by atoms with Crippen LogP contribution in [0.2, 0.25) is 20.1 Å². The highest BCUT2D eigenvalue weighted by Crippen LogP contribution is 2.38. The van der Waals surface area contributed by atoms with Crippen LogP contribution in [0.1, 0.15) is 36.6 Å². The fourth-order valence-electron chi connectivity index (χ4n) is 7.26. The van der Waals surface area contributed by atoms with Crippen molar-refractivity contribution in [1.29, 1.82) is 0 Å². The molecular formula is C55H34Cl4F6N6O6. The Bertz CT molecular complexity index is 3690. The van der Waals surface area contributed by atoms with Gasteiger partial charge < -0.3 is 31.3 Å². The maximum Gasteiger partial charge on any atom is 0.339 e. The molecule has 0 aliphatic rings. The van der Waals surface area contributed by atoms with E-state index in [0.717, 1.165) is 42.5 Å². The molecule has 0 amide bonds. The number of nitrogens with zero attached hydrogens (tertiary/aromatic N) is 3. The van der Waals surface area contributed by atoms with Gasteiger partial charge in [0.2, 0.25) is 0 Å². The van der Waals surface area contributed by atoms with E-state index in [1.54, 1.807) is 78.9 Å². The van der Waals surface area contributed by atoms with Crippen LogP contribution >= 0.6 is 46.4 Å². The summed E-state index contributed by atoms with van der Waals surface area (Å²) in [6.45, 7) is 1.50. The first-order chi connectivity index (χ1) is 36.7. The molecule has 0 saturated carbocycles. The number of carboxylic acids is 3. The SMILES string of the molecule is Cc1c(-c2ccccc2Cl)cc(F)c(Nc2ncccc2C(=O)O)c1F.O=C(O)c1cc(Cl)cnc1Nc1c(F)cc(-c2ccccc2)cc1F.O=C(O)c1cc(Cl)cnc1Nc1c(F)cc(-c2ccccc2Cl)cc1F. The van der Waals surface area contributed by atoms with Crippen molar-refractivity contribution in [2.45, 2.75) is 6.92 Å². The van der Waals surface area contributed by atoms with Gasteiger partial charge in [-0.2, -0.15) is 0 Å². The zero-order valence-corrected chi connectivity index (χ0v) is 42.1. The second-order valence-corrected chi connectivity index (χ2v) is 17.7. The molecule has 390 valence electrons. The normalized spacial score (nSPS) is 10.6. The zero-order chi connectivity index (χ0) is 55.7. The van der Waals surface area contributed by atoms with Gasteiger partial charge in [-0.05, 0) is 101 Å². The molecule has 0 saturated heterocycles. The van der Waals surface area contributed by atoms with Crippen LogP contribution in [-0.4, -0.2) is 48.2 Å². The van der Waals surface area contributed by atoms with Gasteiger partial charge in [0.25, 0.3) is 0 Å². The van der Waals surface area contributed by atoms with E-state index >= 15 is 0 Å². The molecule has 9 rings (SSSR count). The molecule has 0 radical (unpaired) electrons. The second kappa shape index (κ2) is 24.8. The molecule has 3 aromatic heterocycles. The van der Waals surface area contributed by atoms with E-state index in [0.29, 0.717) is 37.9 Å². The number of benzene rings is 6. The van der Waals surface area contributed by atoms with Crippen molar-refractivity contribution in [3.63, 3.8) is 0 Å². The van der Waals surface area contributed by atoms with E-state index in [1.807, 2.05) is 0 Å². The van der Waals surface area contributed by atoms with Crippen molar-refractivity contribution < 1.29 is 56.0 Å². The molecule has 0 fully saturated rings. The summed E-state index contributed by atoms with van der Waals surface area (Å²) in [4.78, 5) is 45.2. The van der Waals surface area contributed by atoms with E-state index in [4.69, 9.17) is 46.4 Å².